The Morgan fingerprint density at radius 2 is 2.50 bits per heavy atom. The molecule has 0 aromatic carbocycles. The lowest BCUT2D eigenvalue weighted by molar-refractivity contribution is 0.164. The fraction of sp³-hybridized carbons (Fsp3) is 0.700. The van der Waals surface area contributed by atoms with Gasteiger partial charge in [-0.3, -0.25) is 0 Å². The Bertz CT molecular complexity index is 290. The van der Waals surface area contributed by atoms with Gasteiger partial charge in [0.25, 0.3) is 0 Å². The van der Waals surface area contributed by atoms with Crippen molar-refractivity contribution in [3.05, 3.63) is 17.8 Å². The number of oxazole rings is 1. The summed E-state index contributed by atoms with van der Waals surface area (Å²) < 4.78 is 5.46. The Labute approximate surface area is 83.3 Å². The normalized spacial score (nSPS) is 24.9. The van der Waals surface area contributed by atoms with Gasteiger partial charge in [-0.15, -0.1) is 0 Å². The average molecular weight is 196 g/mol. The van der Waals surface area contributed by atoms with Crippen molar-refractivity contribution in [1.29, 1.82) is 0 Å². The first-order chi connectivity index (χ1) is 6.77. The summed E-state index contributed by atoms with van der Waals surface area (Å²) >= 11 is 0. The number of aliphatic hydroxyl groups excluding tert-OH is 1. The first-order valence-corrected chi connectivity index (χ1v) is 5.14. The van der Waals surface area contributed by atoms with E-state index in [2.05, 4.69) is 10.3 Å². The summed E-state index contributed by atoms with van der Waals surface area (Å²) in [5.41, 5.74) is 0. The molecule has 4 heteroatoms. The topological polar surface area (TPSA) is 58.3 Å². The molecule has 2 atom stereocenters. The molecule has 1 aromatic rings. The summed E-state index contributed by atoms with van der Waals surface area (Å²) in [4.78, 5) is 4.17. The Kier molecular flexibility index (Phi) is 2.84. The van der Waals surface area contributed by atoms with E-state index < -0.39 is 6.10 Å². The fourth-order valence-corrected chi connectivity index (χ4v) is 1.72. The number of piperidine rings is 1. The lowest BCUT2D eigenvalue weighted by Gasteiger charge is -2.20. The van der Waals surface area contributed by atoms with Crippen LogP contribution in [0.15, 0.2) is 10.6 Å². The van der Waals surface area contributed by atoms with Crippen molar-refractivity contribution in [1.82, 2.24) is 10.3 Å². The lowest BCUT2D eigenvalue weighted by atomic mass is 10.1. The summed E-state index contributed by atoms with van der Waals surface area (Å²) in [7, 11) is 0. The Morgan fingerprint density at radius 3 is 3.07 bits per heavy atom. The van der Waals surface area contributed by atoms with Crippen LogP contribution in [0, 0.1) is 0 Å². The fourth-order valence-electron chi connectivity index (χ4n) is 1.72. The van der Waals surface area contributed by atoms with Gasteiger partial charge in [-0.1, -0.05) is 6.42 Å². The Hall–Kier alpha value is -0.870. The monoisotopic (exact) mass is 196 g/mol. The third-order valence-corrected chi connectivity index (χ3v) is 2.56. The quantitative estimate of drug-likeness (QED) is 0.753. The summed E-state index contributed by atoms with van der Waals surface area (Å²) in [6.07, 6.45) is 4.54. The van der Waals surface area contributed by atoms with Crippen molar-refractivity contribution in [3.8, 4) is 0 Å². The van der Waals surface area contributed by atoms with E-state index in [1.807, 2.05) is 0 Å². The number of hydrogen-bond acceptors (Lipinski definition) is 4. The van der Waals surface area contributed by atoms with E-state index in [0.29, 0.717) is 11.7 Å². The summed E-state index contributed by atoms with van der Waals surface area (Å²) in [5.74, 6) is 1.26. The standard InChI is InChI=1S/C10H16N2O2/c1-7(13)9-6-12-10(14-9)8-4-2-3-5-11-8/h6-8,11,13H,2-5H2,1H3. The Morgan fingerprint density at radius 1 is 1.64 bits per heavy atom. The van der Waals surface area contributed by atoms with Gasteiger partial charge in [-0.25, -0.2) is 4.98 Å². The van der Waals surface area contributed by atoms with Gasteiger partial charge in [0.15, 0.2) is 5.76 Å². The maximum atomic E-state index is 9.28. The van der Waals surface area contributed by atoms with Crippen LogP contribution in [-0.4, -0.2) is 16.6 Å². The van der Waals surface area contributed by atoms with Crippen LogP contribution in [0.2, 0.25) is 0 Å². The van der Waals surface area contributed by atoms with Gasteiger partial charge in [0.1, 0.15) is 6.10 Å². The van der Waals surface area contributed by atoms with E-state index in [-0.39, 0.29) is 6.04 Å². The third-order valence-electron chi connectivity index (χ3n) is 2.56. The molecule has 0 radical (unpaired) electrons. The summed E-state index contributed by atoms with van der Waals surface area (Å²) in [6, 6.07) is 0.233. The van der Waals surface area contributed by atoms with Crippen molar-refractivity contribution < 1.29 is 9.52 Å². The first kappa shape index (κ1) is 9.68. The largest absolute Gasteiger partial charge is 0.441 e. The van der Waals surface area contributed by atoms with Gasteiger partial charge in [-0.05, 0) is 26.3 Å². The van der Waals surface area contributed by atoms with E-state index in [1.54, 1.807) is 13.1 Å². The minimum Gasteiger partial charge on any atom is -0.441 e. The van der Waals surface area contributed by atoms with Crippen molar-refractivity contribution in [2.75, 3.05) is 6.54 Å². The van der Waals surface area contributed by atoms with E-state index in [9.17, 15) is 5.11 Å². The minimum absolute atomic E-state index is 0.233. The zero-order valence-electron chi connectivity index (χ0n) is 8.36. The van der Waals surface area contributed by atoms with Gasteiger partial charge in [0.2, 0.25) is 5.89 Å². The second-order valence-corrected chi connectivity index (χ2v) is 3.78. The highest BCUT2D eigenvalue weighted by atomic mass is 16.4. The SMILES string of the molecule is CC(O)c1cnc(C2CCCCN2)o1. The molecule has 2 unspecified atom stereocenters. The maximum Gasteiger partial charge on any atom is 0.211 e. The molecule has 2 heterocycles. The molecule has 0 spiro atoms. The highest BCUT2D eigenvalue weighted by Crippen LogP contribution is 2.24. The molecule has 1 saturated heterocycles. The predicted molar refractivity (Wildman–Crippen MR) is 51.7 cm³/mol. The summed E-state index contributed by atoms with van der Waals surface area (Å²) in [6.45, 7) is 2.70. The molecule has 0 saturated carbocycles. The number of nitrogens with one attached hydrogen (secondary N) is 1. The maximum absolute atomic E-state index is 9.28. The van der Waals surface area contributed by atoms with Gasteiger partial charge < -0.3 is 14.8 Å². The number of nitrogens with zero attached hydrogens (tertiary/aromatic N) is 1. The molecule has 0 aliphatic carbocycles. The van der Waals surface area contributed by atoms with Crippen LogP contribution >= 0.6 is 0 Å². The molecular weight excluding hydrogens is 180 g/mol. The van der Waals surface area contributed by atoms with Gasteiger partial charge in [-0.2, -0.15) is 0 Å². The van der Waals surface area contributed by atoms with E-state index in [4.69, 9.17) is 4.42 Å². The molecule has 4 nitrogen and oxygen atoms in total. The number of hydrogen-bond donors (Lipinski definition) is 2. The van der Waals surface area contributed by atoms with Gasteiger partial charge >= 0.3 is 0 Å². The third kappa shape index (κ3) is 1.96. The van der Waals surface area contributed by atoms with Crippen LogP contribution in [0.1, 0.15) is 50.0 Å². The zero-order valence-corrected chi connectivity index (χ0v) is 8.36. The van der Waals surface area contributed by atoms with Gasteiger partial charge in [0.05, 0.1) is 12.2 Å². The first-order valence-electron chi connectivity index (χ1n) is 5.14. The molecule has 14 heavy (non-hydrogen) atoms. The predicted octanol–water partition coefficient (Wildman–Crippen LogP) is 1.54. The van der Waals surface area contributed by atoms with Gasteiger partial charge in [0, 0.05) is 0 Å². The van der Waals surface area contributed by atoms with E-state index in [1.165, 1.54) is 12.8 Å². The average Bonchev–Trinajstić information content (AvgIpc) is 2.68. The molecule has 1 aliphatic rings. The molecule has 1 fully saturated rings. The van der Waals surface area contributed by atoms with Crippen LogP contribution < -0.4 is 5.32 Å². The molecule has 1 aliphatic heterocycles. The molecule has 1 aromatic heterocycles. The molecule has 78 valence electrons. The van der Waals surface area contributed by atoms with Crippen molar-refractivity contribution in [3.63, 3.8) is 0 Å². The molecule has 2 rings (SSSR count). The van der Waals surface area contributed by atoms with Crippen molar-refractivity contribution >= 4 is 0 Å². The van der Waals surface area contributed by atoms with Crippen LogP contribution in [-0.2, 0) is 0 Å². The van der Waals surface area contributed by atoms with E-state index in [0.717, 1.165) is 13.0 Å². The molecule has 2 N–H and O–H groups in total. The number of rotatable bonds is 2. The Balaban J connectivity index is 2.07. The molecule has 0 amide bonds. The smallest absolute Gasteiger partial charge is 0.211 e. The highest BCUT2D eigenvalue weighted by molar-refractivity contribution is 5.00. The minimum atomic E-state index is -0.570. The van der Waals surface area contributed by atoms with Crippen LogP contribution in [0.5, 0.6) is 0 Å². The summed E-state index contributed by atoms with van der Waals surface area (Å²) in [5, 5.41) is 12.6. The molecule has 0 bridgehead atoms. The lowest BCUT2D eigenvalue weighted by Crippen LogP contribution is -2.26. The number of aromatic nitrogens is 1. The number of aliphatic hydroxyl groups is 1. The zero-order chi connectivity index (χ0) is 9.97. The van der Waals surface area contributed by atoms with Crippen LogP contribution in [0.25, 0.3) is 0 Å². The highest BCUT2D eigenvalue weighted by Gasteiger charge is 2.20. The van der Waals surface area contributed by atoms with Crippen LogP contribution in [0.3, 0.4) is 0 Å². The van der Waals surface area contributed by atoms with E-state index >= 15 is 0 Å². The van der Waals surface area contributed by atoms with Crippen LogP contribution in [0.4, 0.5) is 0 Å². The second kappa shape index (κ2) is 4.11. The van der Waals surface area contributed by atoms with Crippen molar-refractivity contribution in [2.24, 2.45) is 0 Å². The molecular formula is C10H16N2O2. The van der Waals surface area contributed by atoms with Crippen molar-refractivity contribution in [2.45, 2.75) is 38.3 Å². The second-order valence-electron chi connectivity index (χ2n) is 3.78.